The number of amides is 1. The fourth-order valence-corrected chi connectivity index (χ4v) is 3.52. The van der Waals surface area contributed by atoms with E-state index in [9.17, 15) is 18.7 Å². The SMILES string of the molecule is O=C(NCCc1csc(N2CCCC2)n1)c1c(F)ccc(O)c1F. The minimum atomic E-state index is -1.25. The van der Waals surface area contributed by atoms with E-state index in [0.29, 0.717) is 6.42 Å². The Morgan fingerprint density at radius 2 is 2.08 bits per heavy atom. The predicted molar refractivity (Wildman–Crippen MR) is 87.6 cm³/mol. The summed E-state index contributed by atoms with van der Waals surface area (Å²) in [6, 6.07) is 1.73. The number of hydrogen-bond acceptors (Lipinski definition) is 5. The van der Waals surface area contributed by atoms with Crippen LogP contribution in [-0.2, 0) is 6.42 Å². The molecule has 1 amide bonds. The second-order valence-electron chi connectivity index (χ2n) is 5.58. The van der Waals surface area contributed by atoms with Gasteiger partial charge in [0.25, 0.3) is 5.91 Å². The molecule has 1 saturated heterocycles. The van der Waals surface area contributed by atoms with E-state index in [4.69, 9.17) is 0 Å². The van der Waals surface area contributed by atoms with Gasteiger partial charge in [-0.1, -0.05) is 0 Å². The number of phenols is 1. The maximum absolute atomic E-state index is 13.7. The second-order valence-corrected chi connectivity index (χ2v) is 6.41. The summed E-state index contributed by atoms with van der Waals surface area (Å²) >= 11 is 1.56. The van der Waals surface area contributed by atoms with E-state index in [2.05, 4.69) is 15.2 Å². The van der Waals surface area contributed by atoms with Crippen LogP contribution in [-0.4, -0.2) is 35.6 Å². The minimum absolute atomic E-state index is 0.205. The number of anilines is 1. The number of hydrogen-bond donors (Lipinski definition) is 2. The average molecular weight is 353 g/mol. The van der Waals surface area contributed by atoms with E-state index < -0.39 is 28.9 Å². The van der Waals surface area contributed by atoms with Crippen LogP contribution in [0, 0.1) is 11.6 Å². The van der Waals surface area contributed by atoms with Crippen LogP contribution in [0.1, 0.15) is 28.9 Å². The number of halogens is 2. The quantitative estimate of drug-likeness (QED) is 0.867. The van der Waals surface area contributed by atoms with Crippen molar-refractivity contribution in [2.45, 2.75) is 19.3 Å². The van der Waals surface area contributed by atoms with E-state index in [1.54, 1.807) is 11.3 Å². The summed E-state index contributed by atoms with van der Waals surface area (Å²) < 4.78 is 27.3. The number of nitrogens with zero attached hydrogens (tertiary/aromatic N) is 2. The van der Waals surface area contributed by atoms with Crippen molar-refractivity contribution in [2.24, 2.45) is 0 Å². The van der Waals surface area contributed by atoms with Gasteiger partial charge in [0.15, 0.2) is 16.7 Å². The van der Waals surface area contributed by atoms with Gasteiger partial charge in [0.2, 0.25) is 0 Å². The lowest BCUT2D eigenvalue weighted by molar-refractivity contribution is 0.0944. The normalized spacial score (nSPS) is 14.2. The van der Waals surface area contributed by atoms with Crippen LogP contribution in [0.4, 0.5) is 13.9 Å². The smallest absolute Gasteiger partial charge is 0.257 e. The largest absolute Gasteiger partial charge is 0.505 e. The van der Waals surface area contributed by atoms with Crippen LogP contribution in [0.15, 0.2) is 17.5 Å². The molecule has 0 radical (unpaired) electrons. The highest BCUT2D eigenvalue weighted by molar-refractivity contribution is 7.13. The van der Waals surface area contributed by atoms with Gasteiger partial charge in [0.05, 0.1) is 5.69 Å². The standard InChI is InChI=1S/C16H17F2N3O2S/c17-11-3-4-12(22)14(18)13(11)15(23)19-6-5-10-9-24-16(20-10)21-7-1-2-8-21/h3-4,9,22H,1-2,5-8H2,(H,19,23). The van der Waals surface area contributed by atoms with Crippen molar-refractivity contribution in [2.75, 3.05) is 24.5 Å². The van der Waals surface area contributed by atoms with E-state index >= 15 is 0 Å². The first kappa shape index (κ1) is 16.6. The molecular formula is C16H17F2N3O2S. The number of carbonyl (C=O) groups excluding carboxylic acids is 1. The summed E-state index contributed by atoms with van der Waals surface area (Å²) in [4.78, 5) is 18.7. The van der Waals surface area contributed by atoms with E-state index in [1.165, 1.54) is 12.8 Å². The summed E-state index contributed by atoms with van der Waals surface area (Å²) in [5.41, 5.74) is 0.0603. The number of phenolic OH excluding ortho intramolecular Hbond substituents is 1. The average Bonchev–Trinajstić information content (AvgIpc) is 3.22. The van der Waals surface area contributed by atoms with Gasteiger partial charge in [0.1, 0.15) is 11.4 Å². The highest BCUT2D eigenvalue weighted by atomic mass is 32.1. The Morgan fingerprint density at radius 1 is 1.33 bits per heavy atom. The molecule has 5 nitrogen and oxygen atoms in total. The zero-order chi connectivity index (χ0) is 17.1. The number of aromatic hydroxyl groups is 1. The fraction of sp³-hybridized carbons (Fsp3) is 0.375. The highest BCUT2D eigenvalue weighted by Crippen LogP contribution is 2.24. The fourth-order valence-electron chi connectivity index (χ4n) is 2.61. The van der Waals surface area contributed by atoms with Crippen molar-refractivity contribution in [1.82, 2.24) is 10.3 Å². The van der Waals surface area contributed by atoms with Crippen LogP contribution in [0.3, 0.4) is 0 Å². The third kappa shape index (κ3) is 3.48. The maximum atomic E-state index is 13.7. The lowest BCUT2D eigenvalue weighted by atomic mass is 10.1. The van der Waals surface area contributed by atoms with Crippen molar-refractivity contribution in [3.63, 3.8) is 0 Å². The molecule has 128 valence electrons. The van der Waals surface area contributed by atoms with Crippen LogP contribution < -0.4 is 10.2 Å². The molecule has 0 spiro atoms. The van der Waals surface area contributed by atoms with Crippen molar-refractivity contribution >= 4 is 22.4 Å². The molecule has 2 N–H and O–H groups in total. The molecule has 2 heterocycles. The van der Waals surface area contributed by atoms with Gasteiger partial charge in [-0.05, 0) is 25.0 Å². The summed E-state index contributed by atoms with van der Waals surface area (Å²) in [5, 5.41) is 14.6. The van der Waals surface area contributed by atoms with Crippen molar-refractivity contribution in [3.05, 3.63) is 40.4 Å². The molecular weight excluding hydrogens is 336 g/mol. The molecule has 0 saturated carbocycles. The summed E-state index contributed by atoms with van der Waals surface area (Å²) in [5.74, 6) is -3.91. The number of nitrogens with one attached hydrogen (secondary N) is 1. The zero-order valence-corrected chi connectivity index (χ0v) is 13.7. The second kappa shape index (κ2) is 7.12. The Hall–Kier alpha value is -2.22. The van der Waals surface area contributed by atoms with Gasteiger partial charge >= 0.3 is 0 Å². The van der Waals surface area contributed by atoms with Crippen molar-refractivity contribution < 1.29 is 18.7 Å². The number of benzene rings is 1. The van der Waals surface area contributed by atoms with Gasteiger partial charge in [0, 0.05) is 31.4 Å². The van der Waals surface area contributed by atoms with Crippen LogP contribution in [0.25, 0.3) is 0 Å². The van der Waals surface area contributed by atoms with E-state index in [0.717, 1.165) is 36.0 Å². The maximum Gasteiger partial charge on any atom is 0.257 e. The Labute approximate surface area is 141 Å². The topological polar surface area (TPSA) is 65.5 Å². The molecule has 2 aromatic rings. The molecule has 1 aliphatic heterocycles. The zero-order valence-electron chi connectivity index (χ0n) is 12.9. The minimum Gasteiger partial charge on any atom is -0.505 e. The lowest BCUT2D eigenvalue weighted by Gasteiger charge is -2.12. The molecule has 1 aliphatic rings. The van der Waals surface area contributed by atoms with Gasteiger partial charge in [-0.2, -0.15) is 0 Å². The number of thiazole rings is 1. The molecule has 0 atom stereocenters. The van der Waals surface area contributed by atoms with Crippen LogP contribution >= 0.6 is 11.3 Å². The van der Waals surface area contributed by atoms with E-state index in [-0.39, 0.29) is 6.54 Å². The molecule has 24 heavy (non-hydrogen) atoms. The molecule has 0 unspecified atom stereocenters. The van der Waals surface area contributed by atoms with Crippen LogP contribution in [0.5, 0.6) is 5.75 Å². The van der Waals surface area contributed by atoms with Gasteiger partial charge < -0.3 is 15.3 Å². The Balaban J connectivity index is 1.57. The highest BCUT2D eigenvalue weighted by Gasteiger charge is 2.20. The third-order valence-corrected chi connectivity index (χ3v) is 4.83. The van der Waals surface area contributed by atoms with Gasteiger partial charge in [-0.25, -0.2) is 13.8 Å². The first-order valence-electron chi connectivity index (χ1n) is 7.71. The van der Waals surface area contributed by atoms with Crippen molar-refractivity contribution in [1.29, 1.82) is 0 Å². The monoisotopic (exact) mass is 353 g/mol. The molecule has 8 heteroatoms. The Morgan fingerprint density at radius 3 is 2.83 bits per heavy atom. The third-order valence-electron chi connectivity index (χ3n) is 3.88. The van der Waals surface area contributed by atoms with Crippen LogP contribution in [0.2, 0.25) is 0 Å². The molecule has 0 bridgehead atoms. The number of rotatable bonds is 5. The van der Waals surface area contributed by atoms with Gasteiger partial charge in [-0.15, -0.1) is 11.3 Å². The first-order chi connectivity index (χ1) is 11.6. The summed E-state index contributed by atoms with van der Waals surface area (Å²) in [7, 11) is 0. The molecule has 0 aliphatic carbocycles. The molecule has 1 aromatic heterocycles. The Kier molecular flexibility index (Phi) is 4.94. The molecule has 1 fully saturated rings. The van der Waals surface area contributed by atoms with E-state index in [1.807, 2.05) is 5.38 Å². The van der Waals surface area contributed by atoms with Crippen molar-refractivity contribution in [3.8, 4) is 5.75 Å². The number of aromatic nitrogens is 1. The van der Waals surface area contributed by atoms with Gasteiger partial charge in [-0.3, -0.25) is 4.79 Å². The Bertz CT molecular complexity index is 745. The molecule has 3 rings (SSSR count). The first-order valence-corrected chi connectivity index (χ1v) is 8.58. The molecule has 1 aromatic carbocycles. The summed E-state index contributed by atoms with van der Waals surface area (Å²) in [6.07, 6.45) is 2.82. The number of carbonyl (C=O) groups is 1. The lowest BCUT2D eigenvalue weighted by Crippen LogP contribution is -2.27. The predicted octanol–water partition coefficient (Wildman–Crippen LogP) is 2.70. The summed E-state index contributed by atoms with van der Waals surface area (Å²) in [6.45, 7) is 2.23.